The Hall–Kier alpha value is -0.830. The standard InChI is InChI=1S/C4H8N2O/c1-3-6-4(2)7-5/h3H,1,5H2,2H3. The average Bonchev–Trinajstić information content (AvgIpc) is 1.68. The van der Waals surface area contributed by atoms with Crippen LogP contribution in [0.5, 0.6) is 0 Å². The summed E-state index contributed by atoms with van der Waals surface area (Å²) in [7, 11) is 0. The summed E-state index contributed by atoms with van der Waals surface area (Å²) < 4.78 is 0. The van der Waals surface area contributed by atoms with Crippen LogP contribution in [0.1, 0.15) is 6.92 Å². The zero-order chi connectivity index (χ0) is 5.70. The van der Waals surface area contributed by atoms with Gasteiger partial charge in [-0.05, 0) is 0 Å². The van der Waals surface area contributed by atoms with Crippen molar-refractivity contribution in [3.8, 4) is 0 Å². The van der Waals surface area contributed by atoms with E-state index in [1.807, 2.05) is 0 Å². The molecule has 0 aromatic carbocycles. The molecule has 0 aliphatic heterocycles. The maximum Gasteiger partial charge on any atom is 0.210 e. The molecule has 7 heavy (non-hydrogen) atoms. The van der Waals surface area contributed by atoms with Crippen molar-refractivity contribution < 1.29 is 4.84 Å². The van der Waals surface area contributed by atoms with E-state index in [-0.39, 0.29) is 0 Å². The van der Waals surface area contributed by atoms with E-state index in [0.717, 1.165) is 0 Å². The molecule has 0 heterocycles. The molecular weight excluding hydrogens is 92.1 g/mol. The average molecular weight is 100 g/mol. The molecule has 0 spiro atoms. The molecule has 0 atom stereocenters. The molecule has 0 saturated carbocycles. The molecule has 0 aliphatic carbocycles. The molecule has 0 unspecified atom stereocenters. The molecule has 0 aromatic rings. The van der Waals surface area contributed by atoms with Gasteiger partial charge in [-0.1, -0.05) is 6.58 Å². The molecule has 0 aromatic heterocycles. The van der Waals surface area contributed by atoms with Crippen molar-refractivity contribution in [1.29, 1.82) is 0 Å². The van der Waals surface area contributed by atoms with Crippen LogP contribution in [0, 0.1) is 0 Å². The first-order chi connectivity index (χ1) is 3.31. The molecule has 0 radical (unpaired) electrons. The highest BCUT2D eigenvalue weighted by atomic mass is 16.6. The Labute approximate surface area is 42.4 Å². The van der Waals surface area contributed by atoms with E-state index >= 15 is 0 Å². The van der Waals surface area contributed by atoms with E-state index in [4.69, 9.17) is 0 Å². The minimum absolute atomic E-state index is 0.412. The van der Waals surface area contributed by atoms with Gasteiger partial charge in [0.2, 0.25) is 5.90 Å². The molecule has 0 rings (SSSR count). The molecule has 0 amide bonds. The van der Waals surface area contributed by atoms with Gasteiger partial charge in [-0.15, -0.1) is 0 Å². The van der Waals surface area contributed by atoms with Gasteiger partial charge >= 0.3 is 0 Å². The van der Waals surface area contributed by atoms with Crippen LogP contribution in [0.15, 0.2) is 17.8 Å². The number of rotatable bonds is 1. The summed E-state index contributed by atoms with van der Waals surface area (Å²) in [6, 6.07) is 0. The summed E-state index contributed by atoms with van der Waals surface area (Å²) in [6.07, 6.45) is 1.36. The normalized spacial score (nSPS) is 10.9. The Kier molecular flexibility index (Phi) is 2.96. The summed E-state index contributed by atoms with van der Waals surface area (Å²) in [4.78, 5) is 7.75. The maximum absolute atomic E-state index is 4.68. The molecule has 0 bridgehead atoms. The van der Waals surface area contributed by atoms with Crippen molar-refractivity contribution in [3.63, 3.8) is 0 Å². The van der Waals surface area contributed by atoms with Crippen molar-refractivity contribution in [2.75, 3.05) is 0 Å². The van der Waals surface area contributed by atoms with Crippen LogP contribution in [-0.2, 0) is 4.84 Å². The first-order valence-electron chi connectivity index (χ1n) is 1.83. The van der Waals surface area contributed by atoms with Crippen molar-refractivity contribution >= 4 is 5.90 Å². The minimum atomic E-state index is 0.412. The lowest BCUT2D eigenvalue weighted by Gasteiger charge is -1.89. The van der Waals surface area contributed by atoms with Crippen molar-refractivity contribution in [3.05, 3.63) is 12.8 Å². The van der Waals surface area contributed by atoms with Crippen LogP contribution >= 0.6 is 0 Å². The fraction of sp³-hybridized carbons (Fsp3) is 0.250. The SMILES string of the molecule is C=CN=C(C)ON. The van der Waals surface area contributed by atoms with Crippen LogP contribution < -0.4 is 5.90 Å². The van der Waals surface area contributed by atoms with Crippen molar-refractivity contribution in [2.24, 2.45) is 10.9 Å². The van der Waals surface area contributed by atoms with Crippen molar-refractivity contribution in [2.45, 2.75) is 6.92 Å². The van der Waals surface area contributed by atoms with Crippen molar-refractivity contribution in [1.82, 2.24) is 0 Å². The van der Waals surface area contributed by atoms with E-state index in [9.17, 15) is 0 Å². The second-order valence-electron chi connectivity index (χ2n) is 0.949. The van der Waals surface area contributed by atoms with Crippen LogP contribution in [0.4, 0.5) is 0 Å². The number of nitrogens with zero attached hydrogens (tertiary/aromatic N) is 1. The van der Waals surface area contributed by atoms with Gasteiger partial charge in [-0.3, -0.25) is 0 Å². The monoisotopic (exact) mass is 100 g/mol. The highest BCUT2D eigenvalue weighted by Crippen LogP contribution is 1.73. The first-order valence-corrected chi connectivity index (χ1v) is 1.83. The van der Waals surface area contributed by atoms with Gasteiger partial charge in [0, 0.05) is 13.1 Å². The topological polar surface area (TPSA) is 47.6 Å². The Morgan fingerprint density at radius 3 is 2.71 bits per heavy atom. The predicted octanol–water partition coefficient (Wildman–Crippen LogP) is 0.439. The van der Waals surface area contributed by atoms with E-state index in [1.54, 1.807) is 6.92 Å². The van der Waals surface area contributed by atoms with E-state index in [2.05, 4.69) is 22.3 Å². The number of hydrogen-bond donors (Lipinski definition) is 1. The Morgan fingerprint density at radius 2 is 2.57 bits per heavy atom. The van der Waals surface area contributed by atoms with E-state index in [0.29, 0.717) is 5.90 Å². The van der Waals surface area contributed by atoms with Crippen LogP contribution in [0.25, 0.3) is 0 Å². The number of nitrogens with two attached hydrogens (primary N) is 1. The third kappa shape index (κ3) is 2.99. The highest BCUT2D eigenvalue weighted by Gasteiger charge is 1.77. The molecule has 0 aliphatic rings. The fourth-order valence-electron chi connectivity index (χ4n) is 0.159. The molecule has 3 heteroatoms. The largest absolute Gasteiger partial charge is 0.396 e. The Balaban J connectivity index is 3.49. The number of aliphatic imine (C=N–C) groups is 1. The van der Waals surface area contributed by atoms with Crippen LogP contribution in [0.3, 0.4) is 0 Å². The fourth-order valence-corrected chi connectivity index (χ4v) is 0.159. The predicted molar refractivity (Wildman–Crippen MR) is 28.6 cm³/mol. The lowest BCUT2D eigenvalue weighted by atomic mass is 10.8. The van der Waals surface area contributed by atoms with E-state index < -0.39 is 0 Å². The molecule has 2 N–H and O–H groups in total. The third-order valence-corrected chi connectivity index (χ3v) is 0.444. The Morgan fingerprint density at radius 1 is 2.00 bits per heavy atom. The molecule has 0 fully saturated rings. The van der Waals surface area contributed by atoms with Gasteiger partial charge in [0.25, 0.3) is 0 Å². The van der Waals surface area contributed by atoms with Crippen LogP contribution in [0.2, 0.25) is 0 Å². The van der Waals surface area contributed by atoms with Crippen LogP contribution in [-0.4, -0.2) is 5.90 Å². The smallest absolute Gasteiger partial charge is 0.210 e. The summed E-state index contributed by atoms with van der Waals surface area (Å²) >= 11 is 0. The van der Waals surface area contributed by atoms with Gasteiger partial charge in [-0.25, -0.2) is 4.99 Å². The molecular formula is C4H8N2O. The van der Waals surface area contributed by atoms with Gasteiger partial charge < -0.3 is 4.84 Å². The van der Waals surface area contributed by atoms with Gasteiger partial charge in [0.05, 0.1) is 0 Å². The lowest BCUT2D eigenvalue weighted by molar-refractivity contribution is 0.318. The summed E-state index contributed by atoms with van der Waals surface area (Å²) in [5, 5.41) is 0. The summed E-state index contributed by atoms with van der Waals surface area (Å²) in [6.45, 7) is 4.97. The van der Waals surface area contributed by atoms with Gasteiger partial charge in [0.15, 0.2) is 0 Å². The zero-order valence-corrected chi connectivity index (χ0v) is 4.22. The second kappa shape index (κ2) is 3.36. The lowest BCUT2D eigenvalue weighted by Crippen LogP contribution is -2.04. The Bertz CT molecular complexity index is 87.7. The first kappa shape index (κ1) is 6.17. The third-order valence-electron chi connectivity index (χ3n) is 0.444. The van der Waals surface area contributed by atoms with Gasteiger partial charge in [0.1, 0.15) is 0 Å². The highest BCUT2D eigenvalue weighted by molar-refractivity contribution is 5.73. The van der Waals surface area contributed by atoms with Gasteiger partial charge in [-0.2, -0.15) is 5.90 Å². The quantitative estimate of drug-likeness (QED) is 0.295. The van der Waals surface area contributed by atoms with E-state index in [1.165, 1.54) is 6.20 Å². The summed E-state index contributed by atoms with van der Waals surface area (Å²) in [5.41, 5.74) is 0. The maximum atomic E-state index is 4.68. The number of hydrogen-bond acceptors (Lipinski definition) is 3. The molecule has 0 saturated heterocycles. The molecule has 3 nitrogen and oxygen atoms in total. The molecule has 40 valence electrons. The second-order valence-corrected chi connectivity index (χ2v) is 0.949. The summed E-state index contributed by atoms with van der Waals surface area (Å²) in [5.74, 6) is 5.09. The zero-order valence-electron chi connectivity index (χ0n) is 4.22. The minimum Gasteiger partial charge on any atom is -0.396 e.